The standard InChI is InChI=1S/C14H20O5/c1-3-13-4-6-14(7-5-13)8-16-10-18-12-19-11-17-9-15-2/h3-7H,1,8-12H2,2H3. The summed E-state index contributed by atoms with van der Waals surface area (Å²) in [6, 6.07) is 7.96. The molecule has 0 atom stereocenters. The van der Waals surface area contributed by atoms with Crippen LogP contribution in [0.3, 0.4) is 0 Å². The lowest BCUT2D eigenvalue weighted by molar-refractivity contribution is -0.190. The van der Waals surface area contributed by atoms with Gasteiger partial charge in [0.25, 0.3) is 0 Å². The molecule has 0 aliphatic carbocycles. The monoisotopic (exact) mass is 268 g/mol. The van der Waals surface area contributed by atoms with Crippen molar-refractivity contribution in [3.8, 4) is 0 Å². The average molecular weight is 268 g/mol. The van der Waals surface area contributed by atoms with Gasteiger partial charge in [-0.15, -0.1) is 0 Å². The minimum Gasteiger partial charge on any atom is -0.359 e. The normalized spacial score (nSPS) is 10.6. The van der Waals surface area contributed by atoms with Gasteiger partial charge in [-0.2, -0.15) is 0 Å². The van der Waals surface area contributed by atoms with Crippen LogP contribution < -0.4 is 0 Å². The SMILES string of the molecule is C=Cc1ccc(COCOCOCOCOC)cc1. The van der Waals surface area contributed by atoms with Crippen LogP contribution in [0.5, 0.6) is 0 Å². The van der Waals surface area contributed by atoms with Crippen molar-refractivity contribution in [2.45, 2.75) is 6.61 Å². The van der Waals surface area contributed by atoms with Crippen molar-refractivity contribution in [2.75, 3.05) is 34.3 Å². The van der Waals surface area contributed by atoms with Crippen LogP contribution in [0.25, 0.3) is 6.08 Å². The highest BCUT2D eigenvalue weighted by atomic mass is 16.8. The number of methoxy groups -OCH3 is 1. The van der Waals surface area contributed by atoms with Crippen LogP contribution in [0.1, 0.15) is 11.1 Å². The van der Waals surface area contributed by atoms with Gasteiger partial charge in [0, 0.05) is 7.11 Å². The van der Waals surface area contributed by atoms with Crippen LogP contribution in [-0.2, 0) is 30.3 Å². The van der Waals surface area contributed by atoms with Crippen LogP contribution in [-0.4, -0.2) is 34.3 Å². The summed E-state index contributed by atoms with van der Waals surface area (Å²) in [5.74, 6) is 0. The number of benzene rings is 1. The predicted octanol–water partition coefficient (Wildman–Crippen LogP) is 2.37. The van der Waals surface area contributed by atoms with E-state index in [0.717, 1.165) is 11.1 Å². The molecular formula is C14H20O5. The smallest absolute Gasteiger partial charge is 0.152 e. The molecule has 0 aliphatic heterocycles. The van der Waals surface area contributed by atoms with E-state index in [1.807, 2.05) is 24.3 Å². The fraction of sp³-hybridized carbons (Fsp3) is 0.429. The molecular weight excluding hydrogens is 248 g/mol. The minimum atomic E-state index is 0.124. The molecule has 0 heterocycles. The van der Waals surface area contributed by atoms with Gasteiger partial charge in [0.2, 0.25) is 0 Å². The van der Waals surface area contributed by atoms with E-state index in [0.29, 0.717) is 6.61 Å². The summed E-state index contributed by atoms with van der Waals surface area (Å²) in [5.41, 5.74) is 2.17. The molecule has 0 unspecified atom stereocenters. The van der Waals surface area contributed by atoms with Crippen LogP contribution in [0.2, 0.25) is 0 Å². The lowest BCUT2D eigenvalue weighted by Crippen LogP contribution is -2.08. The van der Waals surface area contributed by atoms with Gasteiger partial charge in [-0.25, -0.2) is 0 Å². The summed E-state index contributed by atoms with van der Waals surface area (Å²) >= 11 is 0. The maximum Gasteiger partial charge on any atom is 0.152 e. The van der Waals surface area contributed by atoms with Gasteiger partial charge in [0.05, 0.1) is 6.61 Å². The molecule has 5 heteroatoms. The first-order chi connectivity index (χ1) is 9.36. The van der Waals surface area contributed by atoms with Crippen molar-refractivity contribution in [2.24, 2.45) is 0 Å². The summed E-state index contributed by atoms with van der Waals surface area (Å²) in [6.45, 7) is 4.84. The summed E-state index contributed by atoms with van der Waals surface area (Å²) < 4.78 is 25.0. The van der Waals surface area contributed by atoms with Crippen molar-refractivity contribution in [3.05, 3.63) is 42.0 Å². The Morgan fingerprint density at radius 1 is 0.895 bits per heavy atom. The fourth-order valence-corrected chi connectivity index (χ4v) is 1.27. The third kappa shape index (κ3) is 7.71. The summed E-state index contributed by atoms with van der Waals surface area (Å²) in [6.07, 6.45) is 1.80. The molecule has 1 rings (SSSR count). The van der Waals surface area contributed by atoms with Gasteiger partial charge in [-0.3, -0.25) is 0 Å². The van der Waals surface area contributed by atoms with E-state index < -0.39 is 0 Å². The highest BCUT2D eigenvalue weighted by Crippen LogP contribution is 2.06. The quantitative estimate of drug-likeness (QED) is 0.455. The molecule has 0 aliphatic rings. The molecule has 0 amide bonds. The van der Waals surface area contributed by atoms with E-state index in [1.165, 1.54) is 0 Å². The molecule has 0 bridgehead atoms. The first kappa shape index (κ1) is 15.8. The summed E-state index contributed by atoms with van der Waals surface area (Å²) in [7, 11) is 1.55. The zero-order chi connectivity index (χ0) is 13.8. The largest absolute Gasteiger partial charge is 0.359 e. The van der Waals surface area contributed by atoms with E-state index >= 15 is 0 Å². The fourth-order valence-electron chi connectivity index (χ4n) is 1.27. The zero-order valence-corrected chi connectivity index (χ0v) is 11.2. The van der Waals surface area contributed by atoms with Gasteiger partial charge in [0.15, 0.2) is 13.6 Å². The highest BCUT2D eigenvalue weighted by molar-refractivity contribution is 5.47. The molecule has 0 N–H and O–H groups in total. The molecule has 1 aromatic rings. The van der Waals surface area contributed by atoms with Crippen LogP contribution in [0, 0.1) is 0 Å². The van der Waals surface area contributed by atoms with Gasteiger partial charge < -0.3 is 23.7 Å². The molecule has 0 aromatic heterocycles. The number of rotatable bonds is 11. The Balaban J connectivity index is 1.96. The maximum absolute atomic E-state index is 5.33. The molecule has 19 heavy (non-hydrogen) atoms. The van der Waals surface area contributed by atoms with Gasteiger partial charge in [0.1, 0.15) is 13.6 Å². The zero-order valence-electron chi connectivity index (χ0n) is 11.2. The second-order valence-electron chi connectivity index (χ2n) is 3.67. The van der Waals surface area contributed by atoms with Crippen molar-refractivity contribution >= 4 is 6.08 Å². The lowest BCUT2D eigenvalue weighted by atomic mass is 10.1. The Hall–Kier alpha value is -1.24. The van der Waals surface area contributed by atoms with Gasteiger partial charge in [-0.05, 0) is 11.1 Å². The average Bonchev–Trinajstić information content (AvgIpc) is 2.46. The van der Waals surface area contributed by atoms with E-state index in [1.54, 1.807) is 13.2 Å². The maximum atomic E-state index is 5.33. The molecule has 0 saturated carbocycles. The Kier molecular flexibility index (Phi) is 8.87. The second kappa shape index (κ2) is 10.7. The Labute approximate surface area is 113 Å². The Morgan fingerprint density at radius 2 is 1.47 bits per heavy atom. The molecule has 1 aromatic carbocycles. The molecule has 5 nitrogen and oxygen atoms in total. The van der Waals surface area contributed by atoms with Crippen molar-refractivity contribution in [1.82, 2.24) is 0 Å². The van der Waals surface area contributed by atoms with Crippen molar-refractivity contribution < 1.29 is 23.7 Å². The van der Waals surface area contributed by atoms with E-state index in [4.69, 9.17) is 18.9 Å². The third-order valence-electron chi connectivity index (χ3n) is 2.19. The van der Waals surface area contributed by atoms with Crippen molar-refractivity contribution in [1.29, 1.82) is 0 Å². The second-order valence-corrected chi connectivity index (χ2v) is 3.67. The number of ether oxygens (including phenoxy) is 5. The topological polar surface area (TPSA) is 46.2 Å². The molecule has 0 radical (unpaired) electrons. The van der Waals surface area contributed by atoms with E-state index in [9.17, 15) is 0 Å². The van der Waals surface area contributed by atoms with Crippen LogP contribution in [0.15, 0.2) is 30.8 Å². The highest BCUT2D eigenvalue weighted by Gasteiger charge is 1.94. The predicted molar refractivity (Wildman–Crippen MR) is 71.1 cm³/mol. The Bertz CT molecular complexity index is 336. The summed E-state index contributed by atoms with van der Waals surface area (Å²) in [4.78, 5) is 0. The lowest BCUT2D eigenvalue weighted by Gasteiger charge is -2.07. The van der Waals surface area contributed by atoms with Gasteiger partial charge in [-0.1, -0.05) is 36.9 Å². The first-order valence-electron chi connectivity index (χ1n) is 5.88. The van der Waals surface area contributed by atoms with Crippen LogP contribution in [0.4, 0.5) is 0 Å². The van der Waals surface area contributed by atoms with E-state index in [-0.39, 0.29) is 27.2 Å². The molecule has 106 valence electrons. The van der Waals surface area contributed by atoms with E-state index in [2.05, 4.69) is 11.3 Å². The first-order valence-corrected chi connectivity index (χ1v) is 5.88. The number of hydrogen-bond acceptors (Lipinski definition) is 5. The molecule has 0 saturated heterocycles. The third-order valence-corrected chi connectivity index (χ3v) is 2.19. The molecule has 0 spiro atoms. The summed E-state index contributed by atoms with van der Waals surface area (Å²) in [5, 5.41) is 0. The van der Waals surface area contributed by atoms with Crippen LogP contribution >= 0.6 is 0 Å². The minimum absolute atomic E-state index is 0.124. The molecule has 0 fully saturated rings. The van der Waals surface area contributed by atoms with Gasteiger partial charge >= 0.3 is 0 Å². The number of hydrogen-bond donors (Lipinski definition) is 0. The van der Waals surface area contributed by atoms with Crippen molar-refractivity contribution in [3.63, 3.8) is 0 Å². The Morgan fingerprint density at radius 3 is 2.05 bits per heavy atom.